The van der Waals surface area contributed by atoms with E-state index in [0.29, 0.717) is 11.5 Å². The third-order valence-corrected chi connectivity index (χ3v) is 4.25. The van der Waals surface area contributed by atoms with Crippen LogP contribution in [0.1, 0.15) is 28.4 Å². The van der Waals surface area contributed by atoms with Gasteiger partial charge in [-0.3, -0.25) is 14.5 Å². The second-order valence-corrected chi connectivity index (χ2v) is 5.67. The lowest BCUT2D eigenvalue weighted by atomic mass is 10.1. The molecule has 1 aliphatic rings. The Hall–Kier alpha value is -2.96. The number of benzene rings is 1. The number of carbonyl (C=O) groups is 1. The zero-order chi connectivity index (χ0) is 15.6. The van der Waals surface area contributed by atoms with E-state index in [4.69, 9.17) is 0 Å². The number of carbonyl (C=O) groups excluding carboxylic acids is 1. The lowest BCUT2D eigenvalue weighted by molar-refractivity contribution is 0.0790. The van der Waals surface area contributed by atoms with Crippen LogP contribution in [0.5, 0.6) is 0 Å². The molecule has 1 fully saturated rings. The molecule has 3 aromatic rings. The molecule has 3 heterocycles. The minimum atomic E-state index is 0.0574. The van der Waals surface area contributed by atoms with Gasteiger partial charge >= 0.3 is 0 Å². The molecule has 1 aromatic carbocycles. The van der Waals surface area contributed by atoms with Gasteiger partial charge in [0.15, 0.2) is 0 Å². The number of H-pyrrole nitrogens is 1. The molecule has 1 atom stereocenters. The Balaban J connectivity index is 1.52. The van der Waals surface area contributed by atoms with Gasteiger partial charge in [-0.25, -0.2) is 0 Å². The summed E-state index contributed by atoms with van der Waals surface area (Å²) in [5.74, 6) is 0.393. The van der Waals surface area contributed by atoms with Crippen LogP contribution in [0.15, 0.2) is 49.2 Å². The van der Waals surface area contributed by atoms with Crippen LogP contribution in [0, 0.1) is 0 Å². The van der Waals surface area contributed by atoms with Gasteiger partial charge in [0.1, 0.15) is 12.7 Å². The van der Waals surface area contributed by atoms with E-state index in [2.05, 4.69) is 20.4 Å². The predicted molar refractivity (Wildman–Crippen MR) is 83.2 cm³/mol. The van der Waals surface area contributed by atoms with Gasteiger partial charge in [-0.15, -0.1) is 10.2 Å². The highest BCUT2D eigenvalue weighted by Crippen LogP contribution is 2.26. The molecular formula is C16H16N6O. The Morgan fingerprint density at radius 1 is 1.22 bits per heavy atom. The Morgan fingerprint density at radius 3 is 2.87 bits per heavy atom. The minimum Gasteiger partial charge on any atom is -0.338 e. The molecule has 4 rings (SSSR count). The van der Waals surface area contributed by atoms with Crippen LogP contribution < -0.4 is 0 Å². The van der Waals surface area contributed by atoms with Crippen LogP contribution in [-0.4, -0.2) is 48.9 Å². The minimum absolute atomic E-state index is 0.0574. The van der Waals surface area contributed by atoms with Crippen molar-refractivity contribution in [2.75, 3.05) is 13.1 Å². The number of hydrogen-bond acceptors (Lipinski definition) is 4. The standard InChI is InChI=1S/C16H16N6O/c23-16(21-7-5-13(9-21)15-4-6-17-20-15)12-2-1-3-14(8-12)22-10-18-19-11-22/h1-4,6,8,10-11,13H,5,7,9H2,(H,17,20)/t13-/m0/s1. The summed E-state index contributed by atoms with van der Waals surface area (Å²) in [5.41, 5.74) is 2.66. The van der Waals surface area contributed by atoms with Gasteiger partial charge in [0, 0.05) is 42.1 Å². The highest BCUT2D eigenvalue weighted by atomic mass is 16.2. The molecule has 0 saturated carbocycles. The van der Waals surface area contributed by atoms with Gasteiger partial charge in [0.05, 0.1) is 0 Å². The van der Waals surface area contributed by atoms with Gasteiger partial charge in [-0.2, -0.15) is 5.10 Å². The molecule has 0 radical (unpaired) electrons. The van der Waals surface area contributed by atoms with Crippen molar-refractivity contribution in [3.8, 4) is 5.69 Å². The molecule has 0 bridgehead atoms. The molecule has 0 unspecified atom stereocenters. The Labute approximate surface area is 133 Å². The number of amides is 1. The average Bonchev–Trinajstić information content (AvgIpc) is 3.36. The van der Waals surface area contributed by atoms with Gasteiger partial charge in [-0.1, -0.05) is 6.07 Å². The molecule has 23 heavy (non-hydrogen) atoms. The maximum atomic E-state index is 12.7. The molecule has 1 N–H and O–H groups in total. The maximum absolute atomic E-state index is 12.7. The Kier molecular flexibility index (Phi) is 3.38. The normalized spacial score (nSPS) is 17.6. The van der Waals surface area contributed by atoms with E-state index in [1.165, 1.54) is 0 Å². The van der Waals surface area contributed by atoms with Crippen molar-refractivity contribution in [3.05, 3.63) is 60.4 Å². The summed E-state index contributed by atoms with van der Waals surface area (Å²) in [6.07, 6.45) is 5.95. The van der Waals surface area contributed by atoms with Crippen molar-refractivity contribution in [2.24, 2.45) is 0 Å². The Morgan fingerprint density at radius 2 is 2.09 bits per heavy atom. The monoisotopic (exact) mass is 308 g/mol. The average molecular weight is 308 g/mol. The molecule has 0 aliphatic carbocycles. The summed E-state index contributed by atoms with van der Waals surface area (Å²) in [6, 6.07) is 9.50. The summed E-state index contributed by atoms with van der Waals surface area (Å²) < 4.78 is 1.79. The van der Waals surface area contributed by atoms with Crippen LogP contribution in [0.3, 0.4) is 0 Å². The van der Waals surface area contributed by atoms with Crippen LogP contribution in [0.25, 0.3) is 5.69 Å². The van der Waals surface area contributed by atoms with E-state index >= 15 is 0 Å². The first-order valence-electron chi connectivity index (χ1n) is 7.55. The van der Waals surface area contributed by atoms with E-state index in [0.717, 1.165) is 30.9 Å². The van der Waals surface area contributed by atoms with E-state index in [1.54, 1.807) is 23.4 Å². The first kappa shape index (κ1) is 13.7. The van der Waals surface area contributed by atoms with Crippen molar-refractivity contribution in [1.29, 1.82) is 0 Å². The number of aromatic nitrogens is 5. The SMILES string of the molecule is O=C(c1cccc(-n2cnnc2)c1)N1CC[C@H](c2ccn[nH]2)C1. The topological polar surface area (TPSA) is 79.7 Å². The molecule has 116 valence electrons. The van der Waals surface area contributed by atoms with Crippen LogP contribution in [-0.2, 0) is 0 Å². The number of nitrogens with zero attached hydrogens (tertiary/aromatic N) is 5. The first-order valence-corrected chi connectivity index (χ1v) is 7.55. The summed E-state index contributed by atoms with van der Waals surface area (Å²) >= 11 is 0. The maximum Gasteiger partial charge on any atom is 0.253 e. The molecule has 7 heteroatoms. The quantitative estimate of drug-likeness (QED) is 0.797. The molecule has 1 saturated heterocycles. The molecule has 0 spiro atoms. The van der Waals surface area contributed by atoms with Crippen molar-refractivity contribution >= 4 is 5.91 Å². The summed E-state index contributed by atoms with van der Waals surface area (Å²) in [6.45, 7) is 1.48. The third kappa shape index (κ3) is 2.61. The number of hydrogen-bond donors (Lipinski definition) is 1. The van der Waals surface area contributed by atoms with Crippen LogP contribution in [0.2, 0.25) is 0 Å². The van der Waals surface area contributed by atoms with Crippen molar-refractivity contribution in [3.63, 3.8) is 0 Å². The molecule has 7 nitrogen and oxygen atoms in total. The number of aromatic amines is 1. The summed E-state index contributed by atoms with van der Waals surface area (Å²) in [5, 5.41) is 14.6. The fourth-order valence-corrected chi connectivity index (χ4v) is 3.01. The largest absolute Gasteiger partial charge is 0.338 e. The zero-order valence-electron chi connectivity index (χ0n) is 12.5. The fraction of sp³-hybridized carbons (Fsp3) is 0.250. The molecule has 2 aromatic heterocycles. The number of likely N-dealkylation sites (tertiary alicyclic amines) is 1. The van der Waals surface area contributed by atoms with E-state index in [-0.39, 0.29) is 5.91 Å². The second-order valence-electron chi connectivity index (χ2n) is 5.67. The fourth-order valence-electron chi connectivity index (χ4n) is 3.01. The van der Waals surface area contributed by atoms with Crippen molar-refractivity contribution < 1.29 is 4.79 Å². The smallest absolute Gasteiger partial charge is 0.253 e. The first-order chi connectivity index (χ1) is 11.3. The number of nitrogens with one attached hydrogen (secondary N) is 1. The highest BCUT2D eigenvalue weighted by Gasteiger charge is 2.28. The lowest BCUT2D eigenvalue weighted by Crippen LogP contribution is -2.28. The summed E-state index contributed by atoms with van der Waals surface area (Å²) in [7, 11) is 0. The highest BCUT2D eigenvalue weighted by molar-refractivity contribution is 5.95. The van der Waals surface area contributed by atoms with Gasteiger partial charge in [-0.05, 0) is 30.7 Å². The third-order valence-electron chi connectivity index (χ3n) is 4.25. The molecule has 1 amide bonds. The lowest BCUT2D eigenvalue weighted by Gasteiger charge is -2.17. The van der Waals surface area contributed by atoms with Gasteiger partial charge in [0.2, 0.25) is 0 Å². The van der Waals surface area contributed by atoms with Gasteiger partial charge < -0.3 is 4.90 Å². The van der Waals surface area contributed by atoms with Crippen LogP contribution >= 0.6 is 0 Å². The molecular weight excluding hydrogens is 292 g/mol. The van der Waals surface area contributed by atoms with E-state index in [9.17, 15) is 4.79 Å². The van der Waals surface area contributed by atoms with Gasteiger partial charge in [0.25, 0.3) is 5.91 Å². The Bertz CT molecular complexity index is 796. The predicted octanol–water partition coefficient (Wildman–Crippen LogP) is 1.62. The van der Waals surface area contributed by atoms with Crippen LogP contribution in [0.4, 0.5) is 0 Å². The zero-order valence-corrected chi connectivity index (χ0v) is 12.5. The van der Waals surface area contributed by atoms with Crippen molar-refractivity contribution in [1.82, 2.24) is 29.9 Å². The summed E-state index contributed by atoms with van der Waals surface area (Å²) in [4.78, 5) is 14.6. The molecule has 1 aliphatic heterocycles. The van der Waals surface area contributed by atoms with Crippen molar-refractivity contribution in [2.45, 2.75) is 12.3 Å². The second kappa shape index (κ2) is 5.68. The van der Waals surface area contributed by atoms with E-state index in [1.807, 2.05) is 35.2 Å². The van der Waals surface area contributed by atoms with E-state index < -0.39 is 0 Å². The number of rotatable bonds is 3.